The highest BCUT2D eigenvalue weighted by Crippen LogP contribution is 2.37. The number of fused-ring (bicyclic) bond motifs is 1. The second-order valence-corrected chi connectivity index (χ2v) is 6.52. The van der Waals surface area contributed by atoms with Gasteiger partial charge in [0, 0.05) is 13.1 Å². The molecule has 0 aromatic heterocycles. The zero-order valence-corrected chi connectivity index (χ0v) is 11.8. The monoisotopic (exact) mass is 238 g/mol. The van der Waals surface area contributed by atoms with E-state index in [1.807, 2.05) is 0 Å². The van der Waals surface area contributed by atoms with Crippen LogP contribution in [-0.2, 0) is 0 Å². The maximum Gasteiger partial charge on any atom is 0.00129 e. The lowest BCUT2D eigenvalue weighted by molar-refractivity contribution is 0.303. The van der Waals surface area contributed by atoms with Gasteiger partial charge in [-0.3, -0.25) is 0 Å². The molecule has 1 heterocycles. The highest BCUT2D eigenvalue weighted by atomic mass is 15.2. The molecule has 1 N–H and O–H groups in total. The first-order valence-corrected chi connectivity index (χ1v) is 7.69. The summed E-state index contributed by atoms with van der Waals surface area (Å²) >= 11 is 0. The number of unbranched alkanes of at least 4 members (excludes halogenated alkanes) is 1. The van der Waals surface area contributed by atoms with Crippen molar-refractivity contribution in [1.82, 2.24) is 10.2 Å². The Morgan fingerprint density at radius 1 is 1.12 bits per heavy atom. The van der Waals surface area contributed by atoms with E-state index in [1.165, 1.54) is 64.8 Å². The Kier molecular flexibility index (Phi) is 5.30. The van der Waals surface area contributed by atoms with Crippen LogP contribution in [0, 0.1) is 17.8 Å². The Balaban J connectivity index is 1.46. The van der Waals surface area contributed by atoms with Crippen LogP contribution in [0.15, 0.2) is 0 Å². The SMILES string of the molecule is CC(C)CNCCCCN1CC2CCCC2C1. The molecule has 1 aliphatic carbocycles. The molecule has 0 spiro atoms. The fraction of sp³-hybridized carbons (Fsp3) is 1.00. The first kappa shape index (κ1) is 13.4. The molecule has 2 unspecified atom stereocenters. The Morgan fingerprint density at radius 3 is 2.47 bits per heavy atom. The lowest BCUT2D eigenvalue weighted by Gasteiger charge is -2.16. The molecule has 2 nitrogen and oxygen atoms in total. The summed E-state index contributed by atoms with van der Waals surface area (Å²) in [7, 11) is 0. The minimum Gasteiger partial charge on any atom is -0.316 e. The predicted octanol–water partition coefficient (Wildman–Crippen LogP) is 2.74. The number of likely N-dealkylation sites (tertiary alicyclic amines) is 1. The van der Waals surface area contributed by atoms with Gasteiger partial charge in [-0.15, -0.1) is 0 Å². The summed E-state index contributed by atoms with van der Waals surface area (Å²) in [6, 6.07) is 0. The van der Waals surface area contributed by atoms with Crippen LogP contribution in [0.5, 0.6) is 0 Å². The minimum absolute atomic E-state index is 0.785. The van der Waals surface area contributed by atoms with Crippen molar-refractivity contribution < 1.29 is 0 Å². The third kappa shape index (κ3) is 4.26. The van der Waals surface area contributed by atoms with Crippen LogP contribution >= 0.6 is 0 Å². The molecule has 2 rings (SSSR count). The van der Waals surface area contributed by atoms with Crippen LogP contribution < -0.4 is 5.32 Å². The third-order valence-electron chi connectivity index (χ3n) is 4.43. The lowest BCUT2D eigenvalue weighted by atomic mass is 10.0. The van der Waals surface area contributed by atoms with Crippen molar-refractivity contribution in [2.45, 2.75) is 46.0 Å². The van der Waals surface area contributed by atoms with Crippen LogP contribution in [0.1, 0.15) is 46.0 Å². The Labute approximate surface area is 107 Å². The summed E-state index contributed by atoms with van der Waals surface area (Å²) in [4.78, 5) is 2.72. The van der Waals surface area contributed by atoms with Crippen molar-refractivity contribution in [3.8, 4) is 0 Å². The van der Waals surface area contributed by atoms with E-state index in [9.17, 15) is 0 Å². The molecule has 1 saturated carbocycles. The van der Waals surface area contributed by atoms with Crippen LogP contribution in [0.2, 0.25) is 0 Å². The largest absolute Gasteiger partial charge is 0.316 e. The molecule has 0 bridgehead atoms. The topological polar surface area (TPSA) is 15.3 Å². The summed E-state index contributed by atoms with van der Waals surface area (Å²) in [6.45, 7) is 11.1. The van der Waals surface area contributed by atoms with Crippen molar-refractivity contribution in [1.29, 1.82) is 0 Å². The summed E-state index contributed by atoms with van der Waals surface area (Å²) in [5.41, 5.74) is 0. The summed E-state index contributed by atoms with van der Waals surface area (Å²) in [5.74, 6) is 2.91. The van der Waals surface area contributed by atoms with E-state index >= 15 is 0 Å². The van der Waals surface area contributed by atoms with Crippen LogP contribution in [0.25, 0.3) is 0 Å². The second-order valence-electron chi connectivity index (χ2n) is 6.52. The molecule has 2 aliphatic rings. The molecule has 2 fully saturated rings. The van der Waals surface area contributed by atoms with Gasteiger partial charge < -0.3 is 10.2 Å². The summed E-state index contributed by atoms with van der Waals surface area (Å²) < 4.78 is 0. The third-order valence-corrected chi connectivity index (χ3v) is 4.43. The minimum atomic E-state index is 0.785. The summed E-state index contributed by atoms with van der Waals surface area (Å²) in [6.07, 6.45) is 7.25. The summed E-state index contributed by atoms with van der Waals surface area (Å²) in [5, 5.41) is 3.53. The van der Waals surface area contributed by atoms with Crippen LogP contribution in [0.3, 0.4) is 0 Å². The number of rotatable bonds is 7. The molecule has 1 saturated heterocycles. The van der Waals surface area contributed by atoms with E-state index in [-0.39, 0.29) is 0 Å². The molecule has 0 radical (unpaired) electrons. The van der Waals surface area contributed by atoms with Gasteiger partial charge >= 0.3 is 0 Å². The fourth-order valence-corrected chi connectivity index (χ4v) is 3.49. The zero-order chi connectivity index (χ0) is 12.1. The number of hydrogen-bond donors (Lipinski definition) is 1. The van der Waals surface area contributed by atoms with Gasteiger partial charge in [-0.25, -0.2) is 0 Å². The van der Waals surface area contributed by atoms with E-state index in [0.717, 1.165) is 17.8 Å². The highest BCUT2D eigenvalue weighted by Gasteiger charge is 2.35. The molecular formula is C15H30N2. The number of nitrogens with zero attached hydrogens (tertiary/aromatic N) is 1. The van der Waals surface area contributed by atoms with Crippen molar-refractivity contribution in [2.24, 2.45) is 17.8 Å². The molecule has 0 aromatic carbocycles. The highest BCUT2D eigenvalue weighted by molar-refractivity contribution is 4.88. The van der Waals surface area contributed by atoms with Crippen molar-refractivity contribution >= 4 is 0 Å². The predicted molar refractivity (Wildman–Crippen MR) is 74.2 cm³/mol. The van der Waals surface area contributed by atoms with Crippen molar-refractivity contribution in [3.63, 3.8) is 0 Å². The molecule has 0 aromatic rings. The van der Waals surface area contributed by atoms with E-state index in [4.69, 9.17) is 0 Å². The fourth-order valence-electron chi connectivity index (χ4n) is 3.49. The standard InChI is InChI=1S/C15H30N2/c1-13(2)10-16-8-3-4-9-17-11-14-6-5-7-15(14)12-17/h13-16H,3-12H2,1-2H3. The first-order chi connectivity index (χ1) is 8.25. The molecule has 0 amide bonds. The molecule has 100 valence electrons. The van der Waals surface area contributed by atoms with E-state index in [2.05, 4.69) is 24.1 Å². The van der Waals surface area contributed by atoms with Crippen molar-refractivity contribution in [2.75, 3.05) is 32.7 Å². The first-order valence-electron chi connectivity index (χ1n) is 7.69. The van der Waals surface area contributed by atoms with Gasteiger partial charge in [0.2, 0.25) is 0 Å². The number of hydrogen-bond acceptors (Lipinski definition) is 2. The van der Waals surface area contributed by atoms with E-state index in [0.29, 0.717) is 0 Å². The molecule has 1 aliphatic heterocycles. The Morgan fingerprint density at radius 2 is 1.82 bits per heavy atom. The van der Waals surface area contributed by atoms with Crippen LogP contribution in [-0.4, -0.2) is 37.6 Å². The zero-order valence-electron chi connectivity index (χ0n) is 11.8. The molecular weight excluding hydrogens is 208 g/mol. The van der Waals surface area contributed by atoms with Crippen molar-refractivity contribution in [3.05, 3.63) is 0 Å². The Hall–Kier alpha value is -0.0800. The van der Waals surface area contributed by atoms with Gasteiger partial charge in [0.1, 0.15) is 0 Å². The maximum absolute atomic E-state index is 3.53. The molecule has 2 heteroatoms. The average Bonchev–Trinajstić information content (AvgIpc) is 2.82. The molecule has 2 atom stereocenters. The maximum atomic E-state index is 3.53. The van der Waals surface area contributed by atoms with Gasteiger partial charge in [-0.05, 0) is 63.1 Å². The van der Waals surface area contributed by atoms with E-state index < -0.39 is 0 Å². The number of nitrogens with one attached hydrogen (secondary N) is 1. The van der Waals surface area contributed by atoms with Gasteiger partial charge in [-0.1, -0.05) is 20.3 Å². The van der Waals surface area contributed by atoms with Gasteiger partial charge in [-0.2, -0.15) is 0 Å². The van der Waals surface area contributed by atoms with Gasteiger partial charge in [0.25, 0.3) is 0 Å². The van der Waals surface area contributed by atoms with Gasteiger partial charge in [0.05, 0.1) is 0 Å². The lowest BCUT2D eigenvalue weighted by Crippen LogP contribution is -2.25. The second kappa shape index (κ2) is 6.75. The molecule has 17 heavy (non-hydrogen) atoms. The van der Waals surface area contributed by atoms with Gasteiger partial charge in [0.15, 0.2) is 0 Å². The quantitative estimate of drug-likeness (QED) is 0.686. The average molecular weight is 238 g/mol. The van der Waals surface area contributed by atoms with E-state index in [1.54, 1.807) is 0 Å². The van der Waals surface area contributed by atoms with Crippen LogP contribution in [0.4, 0.5) is 0 Å². The smallest absolute Gasteiger partial charge is 0.00129 e. The Bertz CT molecular complexity index is 203. The normalized spacial score (nSPS) is 29.1.